The molecule has 2 aliphatic rings. The van der Waals surface area contributed by atoms with Crippen LogP contribution in [0.1, 0.15) is 19.8 Å². The van der Waals surface area contributed by atoms with Gasteiger partial charge in [-0.3, -0.25) is 9.00 Å². The van der Waals surface area contributed by atoms with Crippen LogP contribution in [0.15, 0.2) is 12.2 Å². The van der Waals surface area contributed by atoms with Crippen molar-refractivity contribution in [3.05, 3.63) is 12.2 Å². The predicted molar refractivity (Wildman–Crippen MR) is 83.2 cm³/mol. The van der Waals surface area contributed by atoms with E-state index in [1.165, 1.54) is 24.2 Å². The van der Waals surface area contributed by atoms with Gasteiger partial charge in [-0.2, -0.15) is 0 Å². The Morgan fingerprint density at radius 1 is 1.57 bits per heavy atom. The third-order valence-corrected chi connectivity index (χ3v) is 6.84. The van der Waals surface area contributed by atoms with E-state index in [0.717, 1.165) is 0 Å². The van der Waals surface area contributed by atoms with Crippen LogP contribution in [-0.2, 0) is 29.9 Å². The first-order valence-electron chi connectivity index (χ1n) is 7.14. The number of β-lactam (4-membered cyclic amide) rings is 1. The number of ether oxygens (including phenoxy) is 1. The van der Waals surface area contributed by atoms with Crippen LogP contribution in [0.4, 0.5) is 0 Å². The van der Waals surface area contributed by atoms with Crippen LogP contribution in [-0.4, -0.2) is 61.2 Å². The van der Waals surface area contributed by atoms with Crippen molar-refractivity contribution in [1.82, 2.24) is 4.90 Å². The van der Waals surface area contributed by atoms with Crippen LogP contribution in [0.5, 0.6) is 0 Å². The van der Waals surface area contributed by atoms with Crippen LogP contribution in [0.25, 0.3) is 0 Å². The molecular formula is C14H18ClNO6S. The summed E-state index contributed by atoms with van der Waals surface area (Å²) in [5.41, 5.74) is 0. The highest BCUT2D eigenvalue weighted by atomic mass is 35.5. The quantitative estimate of drug-likeness (QED) is 0.319. The molecular weight excluding hydrogens is 346 g/mol. The van der Waals surface area contributed by atoms with Gasteiger partial charge >= 0.3 is 11.9 Å². The number of hydrogen-bond acceptors (Lipinski definition) is 5. The van der Waals surface area contributed by atoms with Crippen molar-refractivity contribution in [2.24, 2.45) is 5.92 Å². The highest BCUT2D eigenvalue weighted by molar-refractivity contribution is 7.88. The number of amides is 1. The minimum atomic E-state index is -1.57. The lowest BCUT2D eigenvalue weighted by molar-refractivity contribution is -0.163. The molecule has 1 N–H and O–H groups in total. The Balaban J connectivity index is 2.18. The van der Waals surface area contributed by atoms with E-state index in [-0.39, 0.29) is 30.5 Å². The number of carboxylic acid groups (broad SMARTS) is 1. The normalized spacial score (nSPS) is 34.1. The summed E-state index contributed by atoms with van der Waals surface area (Å²) in [5.74, 6) is -2.35. The third kappa shape index (κ3) is 2.89. The van der Waals surface area contributed by atoms with Crippen molar-refractivity contribution in [2.45, 2.75) is 36.1 Å². The number of hydrogen-bond donors (Lipinski definition) is 1. The van der Waals surface area contributed by atoms with Crippen LogP contribution in [0.2, 0.25) is 0 Å². The summed E-state index contributed by atoms with van der Waals surface area (Å²) in [6.07, 6.45) is 3.19. The predicted octanol–water partition coefficient (Wildman–Crippen LogP) is 0.493. The van der Waals surface area contributed by atoms with Gasteiger partial charge < -0.3 is 14.7 Å². The summed E-state index contributed by atoms with van der Waals surface area (Å²) in [4.78, 5) is 36.1. The monoisotopic (exact) mass is 363 g/mol. The molecule has 9 heteroatoms. The van der Waals surface area contributed by atoms with Gasteiger partial charge in [-0.15, -0.1) is 11.6 Å². The van der Waals surface area contributed by atoms with Crippen molar-refractivity contribution < 1.29 is 28.4 Å². The van der Waals surface area contributed by atoms with E-state index >= 15 is 0 Å². The minimum absolute atomic E-state index is 0.161. The number of carboxylic acids is 1. The number of carbonyl (C=O) groups excluding carboxylic acids is 2. The van der Waals surface area contributed by atoms with Crippen LogP contribution >= 0.6 is 11.6 Å². The molecule has 0 radical (unpaired) electrons. The Kier molecular flexibility index (Phi) is 5.15. The molecule has 7 nitrogen and oxygen atoms in total. The molecule has 0 bridgehead atoms. The van der Waals surface area contributed by atoms with Gasteiger partial charge in [-0.05, 0) is 6.42 Å². The summed E-state index contributed by atoms with van der Waals surface area (Å²) in [6.45, 7) is 1.66. The summed E-state index contributed by atoms with van der Waals surface area (Å²) >= 11 is 6.38. The van der Waals surface area contributed by atoms with Crippen molar-refractivity contribution >= 4 is 40.2 Å². The fraction of sp³-hybridized carbons (Fsp3) is 0.643. The van der Waals surface area contributed by atoms with E-state index in [1.807, 2.05) is 0 Å². The Hall–Kier alpha value is -1.41. The molecule has 128 valence electrons. The van der Waals surface area contributed by atoms with Crippen molar-refractivity contribution in [3.63, 3.8) is 0 Å². The topological polar surface area (TPSA) is 101 Å². The smallest absolute Gasteiger partial charge is 0.330 e. The van der Waals surface area contributed by atoms with E-state index in [4.69, 9.17) is 11.6 Å². The minimum Gasteiger partial charge on any atom is -0.480 e. The lowest BCUT2D eigenvalue weighted by Crippen LogP contribution is -2.62. The molecule has 0 aliphatic carbocycles. The van der Waals surface area contributed by atoms with Gasteiger partial charge in [0.15, 0.2) is 10.2 Å². The molecule has 0 aromatic carbocycles. The first kappa shape index (κ1) is 17.9. The fourth-order valence-electron chi connectivity index (χ4n) is 3.19. The zero-order chi connectivity index (χ0) is 17.4. The number of alkyl halides is 1. The van der Waals surface area contributed by atoms with Crippen molar-refractivity contribution in [3.8, 4) is 0 Å². The van der Waals surface area contributed by atoms with Crippen molar-refractivity contribution in [1.29, 1.82) is 0 Å². The number of nitrogens with zero attached hydrogens (tertiary/aromatic N) is 1. The SMILES string of the molecule is CCS(=O)C1(Cl)CC2C(C/C=C/C(=O)OC)C(=O)N2[C@H]1C(=O)O. The van der Waals surface area contributed by atoms with Gasteiger partial charge in [-0.25, -0.2) is 9.59 Å². The molecule has 1 amide bonds. The number of halogens is 1. The number of allylic oxidation sites excluding steroid dienone is 1. The first-order valence-corrected chi connectivity index (χ1v) is 8.84. The molecule has 2 rings (SSSR count). The fourth-order valence-corrected chi connectivity index (χ4v) is 5.18. The maximum absolute atomic E-state index is 12.3. The van der Waals surface area contributed by atoms with E-state index in [9.17, 15) is 23.7 Å². The summed E-state index contributed by atoms with van der Waals surface area (Å²) < 4.78 is 15.2. The second kappa shape index (κ2) is 6.60. The summed E-state index contributed by atoms with van der Waals surface area (Å²) in [5, 5.41) is 9.41. The second-order valence-corrected chi connectivity index (χ2v) is 8.34. The average molecular weight is 364 g/mol. The lowest BCUT2D eigenvalue weighted by Gasteiger charge is -2.44. The number of esters is 1. The number of fused-ring (bicyclic) bond motifs is 1. The molecule has 2 saturated heterocycles. The number of rotatable bonds is 6. The zero-order valence-corrected chi connectivity index (χ0v) is 14.3. The van der Waals surface area contributed by atoms with E-state index in [1.54, 1.807) is 6.92 Å². The van der Waals surface area contributed by atoms with Gasteiger partial charge in [0, 0.05) is 35.1 Å². The van der Waals surface area contributed by atoms with Gasteiger partial charge in [0.05, 0.1) is 13.0 Å². The van der Waals surface area contributed by atoms with Crippen LogP contribution < -0.4 is 0 Å². The largest absolute Gasteiger partial charge is 0.480 e. The Morgan fingerprint density at radius 3 is 2.74 bits per heavy atom. The van der Waals surface area contributed by atoms with E-state index in [2.05, 4.69) is 4.74 Å². The summed E-state index contributed by atoms with van der Waals surface area (Å²) in [7, 11) is -0.316. The van der Waals surface area contributed by atoms with Gasteiger partial charge in [-0.1, -0.05) is 13.0 Å². The van der Waals surface area contributed by atoms with Gasteiger partial charge in [0.2, 0.25) is 5.91 Å². The molecule has 4 unspecified atom stereocenters. The van der Waals surface area contributed by atoms with Crippen LogP contribution in [0, 0.1) is 5.92 Å². The van der Waals surface area contributed by atoms with E-state index in [0.29, 0.717) is 0 Å². The van der Waals surface area contributed by atoms with Crippen molar-refractivity contribution in [2.75, 3.05) is 12.9 Å². The summed E-state index contributed by atoms with van der Waals surface area (Å²) in [6, 6.07) is -1.66. The first-order chi connectivity index (χ1) is 10.8. The molecule has 0 aromatic rings. The Labute approximate surface area is 141 Å². The number of carbonyl (C=O) groups is 3. The van der Waals surface area contributed by atoms with Crippen LogP contribution in [0.3, 0.4) is 0 Å². The molecule has 2 heterocycles. The van der Waals surface area contributed by atoms with E-state index < -0.39 is 38.9 Å². The standard InChI is InChI=1S/C14H18ClNO6S/c1-3-23(21)14(15)7-9-8(5-4-6-10(17)22-2)12(18)16(9)11(14)13(19)20/h4,6,8-9,11H,3,5,7H2,1-2H3,(H,19,20)/b6-4+/t8?,9?,11-,14?,23?/m0/s1. The maximum atomic E-state index is 12.3. The molecule has 0 spiro atoms. The molecule has 2 aliphatic heterocycles. The molecule has 23 heavy (non-hydrogen) atoms. The average Bonchev–Trinajstić information content (AvgIpc) is 2.81. The van der Waals surface area contributed by atoms with Gasteiger partial charge in [0.1, 0.15) is 0 Å². The zero-order valence-electron chi connectivity index (χ0n) is 12.7. The van der Waals surface area contributed by atoms with Gasteiger partial charge in [0.25, 0.3) is 0 Å². The number of methoxy groups -OCH3 is 1. The molecule has 0 aromatic heterocycles. The Morgan fingerprint density at radius 2 is 2.22 bits per heavy atom. The molecule has 2 fully saturated rings. The second-order valence-electron chi connectivity index (χ2n) is 5.45. The third-order valence-electron chi connectivity index (χ3n) is 4.29. The Bertz CT molecular complexity index is 594. The highest BCUT2D eigenvalue weighted by Crippen LogP contribution is 2.50. The molecule has 5 atom stereocenters. The highest BCUT2D eigenvalue weighted by Gasteiger charge is 2.67. The number of aliphatic carboxylic acids is 1. The lowest BCUT2D eigenvalue weighted by atomic mass is 9.85. The maximum Gasteiger partial charge on any atom is 0.330 e. The molecule has 0 saturated carbocycles.